The number of hydrogen-bond donors (Lipinski definition) is 2. The number of nitrogens with one attached hydrogen (secondary N) is 2. The molecule has 0 saturated carbocycles. The van der Waals surface area contributed by atoms with E-state index in [0.717, 1.165) is 5.56 Å². The van der Waals surface area contributed by atoms with Gasteiger partial charge in [-0.05, 0) is 35.9 Å². The molecule has 0 unspecified atom stereocenters. The molecule has 152 valence electrons. The zero-order chi connectivity index (χ0) is 21.7. The van der Waals surface area contributed by atoms with Crippen molar-refractivity contribution >= 4 is 34.8 Å². The van der Waals surface area contributed by atoms with Gasteiger partial charge in [0.05, 0.1) is 0 Å². The van der Waals surface area contributed by atoms with Crippen LogP contribution in [0.4, 0.5) is 5.69 Å². The summed E-state index contributed by atoms with van der Waals surface area (Å²) in [5.41, 5.74) is 3.01. The minimum absolute atomic E-state index is 0.0929. The molecule has 1 amide bonds. The summed E-state index contributed by atoms with van der Waals surface area (Å²) in [6.07, 6.45) is 0.106. The van der Waals surface area contributed by atoms with Crippen LogP contribution in [0, 0.1) is 5.41 Å². The summed E-state index contributed by atoms with van der Waals surface area (Å²) in [6, 6.07) is 20.9. The van der Waals surface area contributed by atoms with E-state index >= 15 is 0 Å². The first-order valence-corrected chi connectivity index (χ1v) is 9.77. The van der Waals surface area contributed by atoms with E-state index in [1.165, 1.54) is 0 Å². The van der Waals surface area contributed by atoms with Gasteiger partial charge in [-0.25, -0.2) is 0 Å². The topological polar surface area (TPSA) is 73.3 Å². The lowest BCUT2D eigenvalue weighted by Crippen LogP contribution is -2.21. The molecule has 0 heterocycles. The second-order valence-corrected chi connectivity index (χ2v) is 7.47. The number of carbonyl (C=O) groups excluding carboxylic acids is 2. The molecule has 3 aromatic carbocycles. The highest BCUT2D eigenvalue weighted by molar-refractivity contribution is 6.30. The number of halogens is 1. The average Bonchev–Trinajstić information content (AvgIpc) is 2.75. The zero-order valence-corrected chi connectivity index (χ0v) is 17.5. The second kappa shape index (κ2) is 9.37. The van der Waals surface area contributed by atoms with E-state index in [9.17, 15) is 9.59 Å². The Morgan fingerprint density at radius 2 is 1.50 bits per heavy atom. The average molecular weight is 420 g/mol. The lowest BCUT2D eigenvalue weighted by molar-refractivity contribution is 0.0992. The third kappa shape index (κ3) is 5.13. The molecule has 0 atom stereocenters. The molecule has 3 aromatic rings. The Labute approximate surface area is 180 Å². The summed E-state index contributed by atoms with van der Waals surface area (Å²) in [5.74, 6) is -0.00149. The van der Waals surface area contributed by atoms with E-state index in [2.05, 4.69) is 5.32 Å². The molecule has 0 bridgehead atoms. The Kier molecular flexibility index (Phi) is 6.65. The Bertz CT molecular complexity index is 1070. The first kappa shape index (κ1) is 21.3. The van der Waals surface area contributed by atoms with E-state index in [1.807, 2.05) is 6.07 Å². The predicted molar refractivity (Wildman–Crippen MR) is 121 cm³/mol. The third-order valence-corrected chi connectivity index (χ3v) is 4.89. The number of Topliss-reactive ketones (excluding diaryl/α,β-unsaturated/α-hetero) is 1. The fourth-order valence-corrected chi connectivity index (χ4v) is 3.10. The highest BCUT2D eigenvalue weighted by atomic mass is 35.5. The standard InChI is InChI=1S/C24H22ClN3O2/c1-28(2)23(26)17-9-7-16(8-10-17)22(29)15-18-5-3-4-6-21(18)24(30)27-20-13-11-19(25)12-14-20/h3-14,26H,15H2,1-2H3,(H,27,30). The van der Waals surface area contributed by atoms with Crippen LogP contribution < -0.4 is 5.32 Å². The van der Waals surface area contributed by atoms with Crippen molar-refractivity contribution in [2.45, 2.75) is 6.42 Å². The van der Waals surface area contributed by atoms with Gasteiger partial charge in [0.1, 0.15) is 5.84 Å². The summed E-state index contributed by atoms with van der Waals surface area (Å²) in [6.45, 7) is 0. The molecule has 0 aliphatic rings. The lowest BCUT2D eigenvalue weighted by atomic mass is 9.97. The highest BCUT2D eigenvalue weighted by Gasteiger charge is 2.15. The van der Waals surface area contributed by atoms with Crippen LogP contribution in [0.1, 0.15) is 31.8 Å². The molecule has 0 saturated heterocycles. The van der Waals surface area contributed by atoms with Crippen LogP contribution in [-0.2, 0) is 6.42 Å². The quantitative estimate of drug-likeness (QED) is 0.339. The molecule has 2 N–H and O–H groups in total. The summed E-state index contributed by atoms with van der Waals surface area (Å²) in [4.78, 5) is 27.2. The van der Waals surface area contributed by atoms with Crippen molar-refractivity contribution in [1.82, 2.24) is 4.90 Å². The van der Waals surface area contributed by atoms with Crippen LogP contribution in [0.15, 0.2) is 72.8 Å². The molecule has 6 heteroatoms. The number of benzene rings is 3. The van der Waals surface area contributed by atoms with Crippen molar-refractivity contribution in [3.05, 3.63) is 100 Å². The van der Waals surface area contributed by atoms with Crippen LogP contribution in [0.25, 0.3) is 0 Å². The maximum absolute atomic E-state index is 12.8. The first-order chi connectivity index (χ1) is 14.3. The molecule has 0 fully saturated rings. The monoisotopic (exact) mass is 419 g/mol. The van der Waals surface area contributed by atoms with E-state index in [0.29, 0.717) is 33.2 Å². The van der Waals surface area contributed by atoms with Gasteiger partial charge in [-0.2, -0.15) is 0 Å². The van der Waals surface area contributed by atoms with Crippen LogP contribution >= 0.6 is 11.6 Å². The maximum Gasteiger partial charge on any atom is 0.255 e. The van der Waals surface area contributed by atoms with Gasteiger partial charge in [-0.3, -0.25) is 15.0 Å². The van der Waals surface area contributed by atoms with E-state index in [4.69, 9.17) is 17.0 Å². The summed E-state index contributed by atoms with van der Waals surface area (Å²) in [7, 11) is 3.60. The SMILES string of the molecule is CN(C)C(=N)c1ccc(C(=O)Cc2ccccc2C(=O)Nc2ccc(Cl)cc2)cc1. The van der Waals surface area contributed by atoms with Crippen LogP contribution in [-0.4, -0.2) is 36.5 Å². The van der Waals surface area contributed by atoms with Crippen LogP contribution in [0.3, 0.4) is 0 Å². The van der Waals surface area contributed by atoms with Gasteiger partial charge in [-0.15, -0.1) is 0 Å². The number of carbonyl (C=O) groups is 2. The van der Waals surface area contributed by atoms with E-state index < -0.39 is 0 Å². The van der Waals surface area contributed by atoms with Gasteiger partial charge in [-0.1, -0.05) is 54.1 Å². The number of hydrogen-bond acceptors (Lipinski definition) is 3. The summed E-state index contributed by atoms with van der Waals surface area (Å²) in [5, 5.41) is 11.4. The Hall–Kier alpha value is -3.44. The molecule has 0 spiro atoms. The maximum atomic E-state index is 12.8. The fourth-order valence-electron chi connectivity index (χ4n) is 2.97. The molecule has 0 aliphatic carbocycles. The highest BCUT2D eigenvalue weighted by Crippen LogP contribution is 2.18. The predicted octanol–water partition coefficient (Wildman–Crippen LogP) is 4.90. The van der Waals surface area contributed by atoms with Crippen LogP contribution in [0.5, 0.6) is 0 Å². The largest absolute Gasteiger partial charge is 0.363 e. The minimum Gasteiger partial charge on any atom is -0.363 e. The number of nitrogens with zero attached hydrogens (tertiary/aromatic N) is 1. The summed E-state index contributed by atoms with van der Waals surface area (Å²) >= 11 is 5.88. The smallest absolute Gasteiger partial charge is 0.255 e. The second-order valence-electron chi connectivity index (χ2n) is 7.04. The fraction of sp³-hybridized carbons (Fsp3) is 0.125. The number of ketones is 1. The zero-order valence-electron chi connectivity index (χ0n) is 16.8. The first-order valence-electron chi connectivity index (χ1n) is 9.39. The van der Waals surface area contributed by atoms with E-state index in [1.54, 1.807) is 85.7 Å². The molecule has 0 aromatic heterocycles. The molecular formula is C24H22ClN3O2. The lowest BCUT2D eigenvalue weighted by Gasteiger charge is -2.14. The molecule has 0 aliphatic heterocycles. The molecule has 5 nitrogen and oxygen atoms in total. The van der Waals surface area contributed by atoms with Crippen molar-refractivity contribution in [3.8, 4) is 0 Å². The number of amidine groups is 1. The molecule has 3 rings (SSSR count). The molecular weight excluding hydrogens is 398 g/mol. The normalized spacial score (nSPS) is 10.4. The van der Waals surface area contributed by atoms with Crippen LogP contribution in [0.2, 0.25) is 5.02 Å². The Morgan fingerprint density at radius 1 is 0.900 bits per heavy atom. The van der Waals surface area contributed by atoms with Crippen molar-refractivity contribution in [3.63, 3.8) is 0 Å². The van der Waals surface area contributed by atoms with Crippen molar-refractivity contribution < 1.29 is 9.59 Å². The van der Waals surface area contributed by atoms with Gasteiger partial charge >= 0.3 is 0 Å². The van der Waals surface area contributed by atoms with E-state index in [-0.39, 0.29) is 18.1 Å². The van der Waals surface area contributed by atoms with Crippen molar-refractivity contribution in [1.29, 1.82) is 5.41 Å². The number of amides is 1. The van der Waals surface area contributed by atoms with Gasteiger partial charge in [0.25, 0.3) is 5.91 Å². The van der Waals surface area contributed by atoms with Gasteiger partial charge in [0, 0.05) is 47.9 Å². The number of anilines is 1. The van der Waals surface area contributed by atoms with Crippen molar-refractivity contribution in [2.24, 2.45) is 0 Å². The van der Waals surface area contributed by atoms with Gasteiger partial charge in [0.2, 0.25) is 0 Å². The Morgan fingerprint density at radius 3 is 2.13 bits per heavy atom. The molecule has 0 radical (unpaired) electrons. The van der Waals surface area contributed by atoms with Gasteiger partial charge < -0.3 is 10.2 Å². The van der Waals surface area contributed by atoms with Crippen molar-refractivity contribution in [2.75, 3.05) is 19.4 Å². The Balaban J connectivity index is 1.75. The third-order valence-electron chi connectivity index (χ3n) is 4.64. The van der Waals surface area contributed by atoms with Gasteiger partial charge in [0.15, 0.2) is 5.78 Å². The number of rotatable bonds is 6. The minimum atomic E-state index is -0.282. The molecule has 30 heavy (non-hydrogen) atoms. The summed E-state index contributed by atoms with van der Waals surface area (Å²) < 4.78 is 0.